The normalized spacial score (nSPS) is 12.6. The van der Waals surface area contributed by atoms with Crippen molar-refractivity contribution >= 4 is 23.9 Å². The van der Waals surface area contributed by atoms with Crippen molar-refractivity contribution < 1.29 is 4.79 Å². The maximum Gasteiger partial charge on any atom is 0.256 e. The van der Waals surface area contributed by atoms with E-state index in [0.717, 1.165) is 25.0 Å². The lowest BCUT2D eigenvalue weighted by molar-refractivity contribution is 0.102. The molecule has 0 saturated carbocycles. The Kier molecular flexibility index (Phi) is 5.09. The van der Waals surface area contributed by atoms with Crippen LogP contribution in [0.3, 0.4) is 0 Å². The second-order valence-electron chi connectivity index (χ2n) is 6.43. The van der Waals surface area contributed by atoms with Gasteiger partial charge in [-0.2, -0.15) is 0 Å². The Balaban J connectivity index is 1.77. The molecule has 4 N–H and O–H groups in total. The molecule has 0 fully saturated rings. The second-order valence-corrected chi connectivity index (χ2v) is 6.43. The highest BCUT2D eigenvalue weighted by Crippen LogP contribution is 2.18. The Morgan fingerprint density at radius 1 is 1.27 bits per heavy atom. The van der Waals surface area contributed by atoms with Crippen LogP contribution in [0.4, 0.5) is 5.82 Å². The Hall–Kier alpha value is -3.06. The zero-order chi connectivity index (χ0) is 18.7. The van der Waals surface area contributed by atoms with Crippen LogP contribution in [0, 0.1) is 10.8 Å². The quantitative estimate of drug-likeness (QED) is 0.491. The van der Waals surface area contributed by atoms with Crippen LogP contribution in [0.5, 0.6) is 0 Å². The van der Waals surface area contributed by atoms with Crippen molar-refractivity contribution in [1.82, 2.24) is 15.2 Å². The molecule has 0 radical (unpaired) electrons. The first-order valence-electron chi connectivity index (χ1n) is 8.48. The van der Waals surface area contributed by atoms with Crippen LogP contribution >= 0.6 is 0 Å². The first-order valence-corrected chi connectivity index (χ1v) is 8.48. The van der Waals surface area contributed by atoms with Gasteiger partial charge in [0, 0.05) is 24.7 Å². The molecule has 0 bridgehead atoms. The first-order chi connectivity index (χ1) is 12.5. The van der Waals surface area contributed by atoms with Gasteiger partial charge in [0.05, 0.1) is 6.34 Å². The highest BCUT2D eigenvalue weighted by Gasteiger charge is 2.16. The van der Waals surface area contributed by atoms with Crippen molar-refractivity contribution in [2.45, 2.75) is 33.0 Å². The Bertz CT molecular complexity index is 861. The van der Waals surface area contributed by atoms with Crippen molar-refractivity contribution in [1.29, 1.82) is 10.8 Å². The maximum absolute atomic E-state index is 12.5. The number of anilines is 1. The smallest absolute Gasteiger partial charge is 0.256 e. The number of rotatable bonds is 5. The van der Waals surface area contributed by atoms with Crippen molar-refractivity contribution in [3.05, 3.63) is 58.8 Å². The van der Waals surface area contributed by atoms with Crippen molar-refractivity contribution in [2.75, 3.05) is 5.32 Å². The minimum absolute atomic E-state index is 0.0277. The van der Waals surface area contributed by atoms with E-state index in [2.05, 4.69) is 15.6 Å². The Morgan fingerprint density at radius 3 is 2.77 bits per heavy atom. The van der Waals surface area contributed by atoms with Gasteiger partial charge >= 0.3 is 0 Å². The Morgan fingerprint density at radius 2 is 2.04 bits per heavy atom. The van der Waals surface area contributed by atoms with Crippen LogP contribution in [-0.4, -0.2) is 34.0 Å². The van der Waals surface area contributed by atoms with Gasteiger partial charge < -0.3 is 15.5 Å². The summed E-state index contributed by atoms with van der Waals surface area (Å²) in [7, 11) is 0. The molecule has 1 amide bonds. The third kappa shape index (κ3) is 3.62. The molecule has 0 atom stereocenters. The summed E-state index contributed by atoms with van der Waals surface area (Å²) in [6, 6.07) is 10.8. The van der Waals surface area contributed by atoms with Crippen LogP contribution in [0.25, 0.3) is 0 Å². The molecule has 0 aliphatic carbocycles. The molecular formula is C19H22N6O. The van der Waals surface area contributed by atoms with E-state index in [0.29, 0.717) is 17.1 Å². The first kappa shape index (κ1) is 17.8. The number of benzene rings is 1. The zero-order valence-corrected chi connectivity index (χ0v) is 14.8. The van der Waals surface area contributed by atoms with Gasteiger partial charge in [-0.25, -0.2) is 4.98 Å². The number of amidine groups is 1. The number of nitrogens with one attached hydrogen (secondary N) is 4. The SMILES string of the molecule is CC(C)N(C=N)C(=N)c1cccc(NC(=O)c2ccc3c(c2)CNC3)n1. The topological polar surface area (TPSA) is 105 Å². The van der Waals surface area contributed by atoms with Crippen LogP contribution in [0.1, 0.15) is 41.0 Å². The number of carbonyl (C=O) groups is 1. The minimum Gasteiger partial charge on any atom is -0.314 e. The van der Waals surface area contributed by atoms with E-state index in [-0.39, 0.29) is 17.8 Å². The van der Waals surface area contributed by atoms with E-state index in [9.17, 15) is 4.79 Å². The standard InChI is InChI=1S/C19H22N6O/c1-12(2)25(11-20)18(21)16-4-3-5-17(23-16)24-19(26)13-6-7-14-9-22-10-15(14)8-13/h3-8,11-12,20-22H,9-10H2,1-2H3,(H,23,24,26). The van der Waals surface area contributed by atoms with Crippen molar-refractivity contribution in [2.24, 2.45) is 0 Å². The van der Waals surface area contributed by atoms with Crippen LogP contribution < -0.4 is 10.6 Å². The molecule has 1 aromatic heterocycles. The predicted octanol–water partition coefficient (Wildman–Crippen LogP) is 2.58. The lowest BCUT2D eigenvalue weighted by Gasteiger charge is -2.23. The number of amides is 1. The van der Waals surface area contributed by atoms with Gasteiger partial charge in [-0.3, -0.25) is 15.6 Å². The number of aromatic nitrogens is 1. The molecule has 2 heterocycles. The molecule has 2 aromatic rings. The predicted molar refractivity (Wildman–Crippen MR) is 102 cm³/mol. The van der Waals surface area contributed by atoms with Crippen molar-refractivity contribution in [3.8, 4) is 0 Å². The molecular weight excluding hydrogens is 328 g/mol. The van der Waals surface area contributed by atoms with E-state index < -0.39 is 0 Å². The monoisotopic (exact) mass is 350 g/mol. The van der Waals surface area contributed by atoms with Crippen molar-refractivity contribution in [3.63, 3.8) is 0 Å². The third-order valence-electron chi connectivity index (χ3n) is 4.29. The minimum atomic E-state index is -0.233. The number of hydrogen-bond acceptors (Lipinski definition) is 5. The van der Waals surface area contributed by atoms with E-state index in [1.807, 2.05) is 32.0 Å². The molecule has 1 aliphatic heterocycles. The largest absolute Gasteiger partial charge is 0.314 e. The van der Waals surface area contributed by atoms with Gasteiger partial charge in [0.15, 0.2) is 5.84 Å². The molecule has 26 heavy (non-hydrogen) atoms. The molecule has 3 rings (SSSR count). The van der Waals surface area contributed by atoms with Crippen LogP contribution in [0.2, 0.25) is 0 Å². The summed E-state index contributed by atoms with van der Waals surface area (Å²) >= 11 is 0. The van der Waals surface area contributed by atoms with Gasteiger partial charge in [0.2, 0.25) is 0 Å². The molecule has 0 spiro atoms. The maximum atomic E-state index is 12.5. The zero-order valence-electron chi connectivity index (χ0n) is 14.8. The summed E-state index contributed by atoms with van der Waals surface area (Å²) in [6.07, 6.45) is 1.11. The highest BCUT2D eigenvalue weighted by atomic mass is 16.1. The fourth-order valence-corrected chi connectivity index (χ4v) is 2.86. The summed E-state index contributed by atoms with van der Waals surface area (Å²) in [6.45, 7) is 5.40. The summed E-state index contributed by atoms with van der Waals surface area (Å²) < 4.78 is 0. The summed E-state index contributed by atoms with van der Waals surface area (Å²) in [4.78, 5) is 18.4. The van der Waals surface area contributed by atoms with Gasteiger partial charge in [0.25, 0.3) is 5.91 Å². The van der Waals surface area contributed by atoms with Gasteiger partial charge in [-0.05, 0) is 49.2 Å². The Labute approximate surface area is 152 Å². The van der Waals surface area contributed by atoms with E-state index in [4.69, 9.17) is 10.8 Å². The van der Waals surface area contributed by atoms with E-state index in [1.165, 1.54) is 10.5 Å². The average Bonchev–Trinajstić information content (AvgIpc) is 3.09. The van der Waals surface area contributed by atoms with Gasteiger partial charge in [-0.15, -0.1) is 0 Å². The number of fused-ring (bicyclic) bond motifs is 1. The summed E-state index contributed by atoms with van der Waals surface area (Å²) in [5.74, 6) is 0.267. The van der Waals surface area contributed by atoms with Gasteiger partial charge in [-0.1, -0.05) is 12.1 Å². The fraction of sp³-hybridized carbons (Fsp3) is 0.263. The molecule has 0 saturated heterocycles. The number of pyridine rings is 1. The molecule has 1 aromatic carbocycles. The molecule has 7 nitrogen and oxygen atoms in total. The summed E-state index contributed by atoms with van der Waals surface area (Å²) in [5.41, 5.74) is 3.34. The van der Waals surface area contributed by atoms with Crippen LogP contribution in [-0.2, 0) is 13.1 Å². The van der Waals surface area contributed by atoms with E-state index in [1.54, 1.807) is 18.2 Å². The van der Waals surface area contributed by atoms with E-state index >= 15 is 0 Å². The third-order valence-corrected chi connectivity index (χ3v) is 4.29. The lowest BCUT2D eigenvalue weighted by atomic mass is 10.1. The second kappa shape index (κ2) is 7.45. The fourth-order valence-electron chi connectivity index (χ4n) is 2.86. The van der Waals surface area contributed by atoms with Crippen LogP contribution in [0.15, 0.2) is 36.4 Å². The highest BCUT2D eigenvalue weighted by molar-refractivity contribution is 6.05. The number of carbonyl (C=O) groups excluding carboxylic acids is 1. The number of nitrogens with zero attached hydrogens (tertiary/aromatic N) is 2. The molecule has 0 unspecified atom stereocenters. The number of hydrogen-bond donors (Lipinski definition) is 4. The molecule has 7 heteroatoms. The average molecular weight is 350 g/mol. The lowest BCUT2D eigenvalue weighted by Crippen LogP contribution is -2.36. The van der Waals surface area contributed by atoms with Gasteiger partial charge in [0.1, 0.15) is 11.5 Å². The molecule has 134 valence electrons. The molecule has 1 aliphatic rings. The summed E-state index contributed by atoms with van der Waals surface area (Å²) in [5, 5.41) is 21.8.